The summed E-state index contributed by atoms with van der Waals surface area (Å²) < 4.78 is 26.2. The number of carbonyl (C=O) groups is 2. The van der Waals surface area contributed by atoms with Crippen LogP contribution in [0.4, 0.5) is 0 Å². The van der Waals surface area contributed by atoms with Gasteiger partial charge in [0.1, 0.15) is 0 Å². The monoisotopic (exact) mass is 508 g/mol. The van der Waals surface area contributed by atoms with E-state index in [0.29, 0.717) is 25.0 Å². The van der Waals surface area contributed by atoms with Gasteiger partial charge in [-0.05, 0) is 50.4 Å². The lowest BCUT2D eigenvalue weighted by Crippen LogP contribution is -2.58. The van der Waals surface area contributed by atoms with E-state index in [1.807, 2.05) is 0 Å². The fraction of sp³-hybridized carbons (Fsp3) is 0.929. The Bertz CT molecular complexity index is 702. The third kappa shape index (κ3) is 6.25. The van der Waals surface area contributed by atoms with Gasteiger partial charge in [-0.15, -0.1) is 0 Å². The van der Waals surface area contributed by atoms with E-state index in [2.05, 4.69) is 38.3 Å². The molecule has 2 amide bonds. The first-order valence-electron chi connectivity index (χ1n) is 14.2. The fourth-order valence-electron chi connectivity index (χ4n) is 7.05. The molecule has 4 fully saturated rings. The third-order valence-corrected chi connectivity index (χ3v) is 9.22. The maximum absolute atomic E-state index is 11.7. The van der Waals surface area contributed by atoms with Crippen LogP contribution in [0.3, 0.4) is 0 Å². The Morgan fingerprint density at radius 1 is 0.583 bits per heavy atom. The summed E-state index contributed by atoms with van der Waals surface area (Å²) in [6.07, 6.45) is 5.71. The maximum atomic E-state index is 11.7. The zero-order valence-corrected chi connectivity index (χ0v) is 23.0. The minimum Gasteiger partial charge on any atom is -0.375 e. The molecule has 0 aliphatic carbocycles. The molecule has 0 aromatic rings. The maximum Gasteiger partial charge on any atom is 0.217 e. The summed E-state index contributed by atoms with van der Waals surface area (Å²) in [6.45, 7) is 13.3. The summed E-state index contributed by atoms with van der Waals surface area (Å²) in [6, 6.07) is 0.247. The van der Waals surface area contributed by atoms with Gasteiger partial charge >= 0.3 is 0 Å². The van der Waals surface area contributed by atoms with Crippen molar-refractivity contribution in [3.63, 3.8) is 0 Å². The molecule has 206 valence electrons. The average molecular weight is 509 g/mol. The van der Waals surface area contributed by atoms with E-state index in [9.17, 15) is 9.59 Å². The lowest BCUT2D eigenvalue weighted by atomic mass is 9.78. The van der Waals surface area contributed by atoms with Crippen LogP contribution in [-0.4, -0.2) is 73.7 Å². The van der Waals surface area contributed by atoms with Gasteiger partial charge in [-0.2, -0.15) is 0 Å². The third-order valence-electron chi connectivity index (χ3n) is 9.22. The highest BCUT2D eigenvalue weighted by molar-refractivity contribution is 5.73. The van der Waals surface area contributed by atoms with Gasteiger partial charge in [-0.25, -0.2) is 0 Å². The molecule has 0 aromatic heterocycles. The summed E-state index contributed by atoms with van der Waals surface area (Å²) in [5.74, 6) is 1.21. The van der Waals surface area contributed by atoms with Crippen LogP contribution >= 0.6 is 0 Å². The van der Waals surface area contributed by atoms with Gasteiger partial charge in [-0.3, -0.25) is 9.59 Å². The lowest BCUT2D eigenvalue weighted by Gasteiger charge is -2.50. The predicted octanol–water partition coefficient (Wildman–Crippen LogP) is 3.21. The van der Waals surface area contributed by atoms with Crippen molar-refractivity contribution >= 4 is 11.8 Å². The number of ether oxygens (including phenoxy) is 4. The van der Waals surface area contributed by atoms with Crippen LogP contribution < -0.4 is 10.6 Å². The molecule has 4 aliphatic heterocycles. The van der Waals surface area contributed by atoms with E-state index < -0.39 is 0 Å². The van der Waals surface area contributed by atoms with E-state index in [0.717, 1.165) is 38.5 Å². The Morgan fingerprint density at radius 3 is 1.33 bits per heavy atom. The molecule has 0 aromatic carbocycles. The van der Waals surface area contributed by atoms with Crippen molar-refractivity contribution in [3.8, 4) is 0 Å². The van der Waals surface area contributed by atoms with E-state index >= 15 is 0 Å². The summed E-state index contributed by atoms with van der Waals surface area (Å²) in [4.78, 5) is 23.4. The van der Waals surface area contributed by atoms with Crippen LogP contribution in [0.2, 0.25) is 0 Å². The SMILES string of the molecule is CC(=O)N[C@H]1CCO[C@@H]([C@H]2CC[C@H](C)[C@@H]([C@H]3O[C@@H]([C@@H]4OCC[C@H](NC(C)=O)[C@H]4C)CC[C@@H]3C)O2)[C@@H]1C. The van der Waals surface area contributed by atoms with Crippen LogP contribution in [0.15, 0.2) is 0 Å². The average Bonchev–Trinajstić information content (AvgIpc) is 2.82. The van der Waals surface area contributed by atoms with Crippen molar-refractivity contribution in [2.45, 2.75) is 129 Å². The highest BCUT2D eigenvalue weighted by Gasteiger charge is 2.47. The lowest BCUT2D eigenvalue weighted by molar-refractivity contribution is -0.241. The largest absolute Gasteiger partial charge is 0.375 e. The summed E-state index contributed by atoms with van der Waals surface area (Å²) in [5, 5.41) is 6.23. The number of nitrogens with one attached hydrogen (secondary N) is 2. The first-order chi connectivity index (χ1) is 17.2. The standard InChI is InChI=1S/C28H48N2O6/c1-15-7-9-23(27-17(3)21(11-13-33-27)29-19(5)31)35-25(15)26-16(2)8-10-24(36-26)28-18(4)22(12-14-34-28)30-20(6)32/h15-18,21-28H,7-14H2,1-6H3,(H,29,31)(H,30,32)/t15-,16-,17+,18+,21-,22-,23+,24+,25-,26-,27+,28+/m0/s1. The molecule has 0 saturated carbocycles. The Balaban J connectivity index is 1.43. The zero-order chi connectivity index (χ0) is 26.0. The van der Waals surface area contributed by atoms with Crippen LogP contribution in [0.5, 0.6) is 0 Å². The number of amides is 2. The van der Waals surface area contributed by atoms with E-state index in [1.54, 1.807) is 13.8 Å². The molecule has 12 atom stereocenters. The van der Waals surface area contributed by atoms with Gasteiger partial charge in [0, 0.05) is 51.0 Å². The van der Waals surface area contributed by atoms with Gasteiger partial charge in [0.05, 0.1) is 36.6 Å². The summed E-state index contributed by atoms with van der Waals surface area (Å²) in [5.41, 5.74) is 0. The molecule has 0 bridgehead atoms. The fourth-order valence-corrected chi connectivity index (χ4v) is 7.05. The number of rotatable bonds is 5. The molecule has 2 N–H and O–H groups in total. The van der Waals surface area contributed by atoms with Gasteiger partial charge in [0.15, 0.2) is 0 Å². The van der Waals surface area contributed by atoms with E-state index in [-0.39, 0.29) is 72.4 Å². The first kappa shape index (κ1) is 27.8. The number of hydrogen-bond donors (Lipinski definition) is 2. The van der Waals surface area contributed by atoms with Crippen molar-refractivity contribution < 1.29 is 28.5 Å². The normalized spacial score (nSPS) is 46.1. The molecule has 0 radical (unpaired) electrons. The second-order valence-electron chi connectivity index (χ2n) is 12.0. The predicted molar refractivity (Wildman–Crippen MR) is 136 cm³/mol. The van der Waals surface area contributed by atoms with Crippen LogP contribution in [0, 0.1) is 23.7 Å². The number of hydrogen-bond acceptors (Lipinski definition) is 6. The minimum atomic E-state index is -0.0274. The van der Waals surface area contributed by atoms with Gasteiger partial charge < -0.3 is 29.6 Å². The van der Waals surface area contributed by atoms with Crippen molar-refractivity contribution in [2.24, 2.45) is 23.7 Å². The Hall–Kier alpha value is -1.22. The van der Waals surface area contributed by atoms with Crippen molar-refractivity contribution in [1.82, 2.24) is 10.6 Å². The molecular formula is C28H48N2O6. The first-order valence-corrected chi connectivity index (χ1v) is 14.2. The quantitative estimate of drug-likeness (QED) is 0.592. The van der Waals surface area contributed by atoms with Crippen LogP contribution in [0.1, 0.15) is 80.1 Å². The van der Waals surface area contributed by atoms with Crippen molar-refractivity contribution in [3.05, 3.63) is 0 Å². The minimum absolute atomic E-state index is 0.00272. The van der Waals surface area contributed by atoms with E-state index in [4.69, 9.17) is 18.9 Å². The Labute approximate surface area is 216 Å². The molecule has 36 heavy (non-hydrogen) atoms. The van der Waals surface area contributed by atoms with Crippen molar-refractivity contribution in [1.29, 1.82) is 0 Å². The highest BCUT2D eigenvalue weighted by Crippen LogP contribution is 2.41. The molecule has 8 nitrogen and oxygen atoms in total. The van der Waals surface area contributed by atoms with Gasteiger partial charge in [0.2, 0.25) is 11.8 Å². The summed E-state index contributed by atoms with van der Waals surface area (Å²) in [7, 11) is 0. The molecule has 4 saturated heterocycles. The molecule has 4 heterocycles. The topological polar surface area (TPSA) is 95.1 Å². The van der Waals surface area contributed by atoms with E-state index in [1.165, 1.54) is 0 Å². The van der Waals surface area contributed by atoms with Gasteiger partial charge in [0.25, 0.3) is 0 Å². The van der Waals surface area contributed by atoms with Crippen LogP contribution in [-0.2, 0) is 28.5 Å². The van der Waals surface area contributed by atoms with Gasteiger partial charge in [-0.1, -0.05) is 27.7 Å². The molecular weight excluding hydrogens is 460 g/mol. The smallest absolute Gasteiger partial charge is 0.217 e. The number of carbonyl (C=O) groups excluding carboxylic acids is 2. The summed E-state index contributed by atoms with van der Waals surface area (Å²) >= 11 is 0. The molecule has 0 spiro atoms. The zero-order valence-electron chi connectivity index (χ0n) is 23.0. The molecule has 4 aliphatic rings. The Kier molecular flexibility index (Phi) is 9.34. The second kappa shape index (κ2) is 12.1. The van der Waals surface area contributed by atoms with Crippen molar-refractivity contribution in [2.75, 3.05) is 13.2 Å². The molecule has 0 unspecified atom stereocenters. The second-order valence-corrected chi connectivity index (χ2v) is 12.0. The van der Waals surface area contributed by atoms with Crippen LogP contribution in [0.25, 0.3) is 0 Å². The Morgan fingerprint density at radius 2 is 0.972 bits per heavy atom. The highest BCUT2D eigenvalue weighted by atomic mass is 16.6. The molecule has 8 heteroatoms. The molecule has 4 rings (SSSR count).